The van der Waals surface area contributed by atoms with Gasteiger partial charge in [-0.05, 0) is 31.6 Å². The highest BCUT2D eigenvalue weighted by atomic mass is 35.5. The molecule has 0 aromatic carbocycles. The number of halogens is 1. The van der Waals surface area contributed by atoms with Crippen LogP contribution in [-0.4, -0.2) is 29.8 Å². The molecule has 0 aromatic heterocycles. The van der Waals surface area contributed by atoms with Gasteiger partial charge in [0.25, 0.3) is 0 Å². The minimum atomic E-state index is 0.366. The lowest BCUT2D eigenvalue weighted by Crippen LogP contribution is -2.39. The van der Waals surface area contributed by atoms with Crippen molar-refractivity contribution < 1.29 is 4.79 Å². The minimum absolute atomic E-state index is 0.366. The maximum atomic E-state index is 12.1. The lowest BCUT2D eigenvalue weighted by atomic mass is 9.95. The quantitative estimate of drug-likeness (QED) is 0.479. The Balaban J connectivity index is 2.16. The molecular weight excluding hydrogens is 246 g/mol. The molecule has 0 radical (unpaired) electrons. The van der Waals surface area contributed by atoms with E-state index in [0.29, 0.717) is 11.8 Å². The first kappa shape index (κ1) is 15.8. The molecule has 1 atom stereocenters. The van der Waals surface area contributed by atoms with Crippen molar-refractivity contribution in [3.63, 3.8) is 0 Å². The third kappa shape index (κ3) is 6.08. The second kappa shape index (κ2) is 9.66. The third-order valence-corrected chi connectivity index (χ3v) is 4.10. The molecule has 1 unspecified atom stereocenters. The largest absolute Gasteiger partial charge is 0.342 e. The van der Waals surface area contributed by atoms with Gasteiger partial charge in [-0.15, -0.1) is 11.6 Å². The van der Waals surface area contributed by atoms with Crippen molar-refractivity contribution in [3.8, 4) is 0 Å². The molecule has 2 nitrogen and oxygen atoms in total. The van der Waals surface area contributed by atoms with Gasteiger partial charge in [0.1, 0.15) is 0 Å². The number of carbonyl (C=O) groups excluding carboxylic acids is 1. The highest BCUT2D eigenvalue weighted by Crippen LogP contribution is 2.21. The van der Waals surface area contributed by atoms with Gasteiger partial charge in [-0.3, -0.25) is 4.79 Å². The Morgan fingerprint density at radius 1 is 1.28 bits per heavy atom. The summed E-state index contributed by atoms with van der Waals surface area (Å²) in [5, 5.41) is 0. The van der Waals surface area contributed by atoms with Crippen molar-refractivity contribution in [2.45, 2.75) is 64.7 Å². The van der Waals surface area contributed by atoms with E-state index in [1.54, 1.807) is 0 Å². The number of piperidine rings is 1. The van der Waals surface area contributed by atoms with Crippen LogP contribution in [-0.2, 0) is 4.79 Å². The number of hydrogen-bond acceptors (Lipinski definition) is 1. The van der Waals surface area contributed by atoms with Gasteiger partial charge >= 0.3 is 0 Å². The van der Waals surface area contributed by atoms with Crippen LogP contribution in [0.3, 0.4) is 0 Å². The Morgan fingerprint density at radius 3 is 2.78 bits per heavy atom. The predicted molar refractivity (Wildman–Crippen MR) is 78.0 cm³/mol. The summed E-state index contributed by atoms with van der Waals surface area (Å²) in [5.74, 6) is 1.73. The molecule has 0 aliphatic carbocycles. The molecule has 0 spiro atoms. The molecule has 1 aliphatic heterocycles. The second-order valence-electron chi connectivity index (χ2n) is 5.49. The van der Waals surface area contributed by atoms with E-state index in [0.717, 1.165) is 44.7 Å². The van der Waals surface area contributed by atoms with Gasteiger partial charge in [0.05, 0.1) is 0 Å². The van der Waals surface area contributed by atoms with Crippen LogP contribution >= 0.6 is 11.6 Å². The van der Waals surface area contributed by atoms with Crippen molar-refractivity contribution in [1.29, 1.82) is 0 Å². The van der Waals surface area contributed by atoms with E-state index in [9.17, 15) is 4.79 Å². The number of amides is 1. The summed E-state index contributed by atoms with van der Waals surface area (Å²) >= 11 is 5.79. The van der Waals surface area contributed by atoms with Crippen LogP contribution in [0.1, 0.15) is 64.7 Å². The van der Waals surface area contributed by atoms with Gasteiger partial charge < -0.3 is 4.90 Å². The fourth-order valence-electron chi connectivity index (χ4n) is 2.72. The second-order valence-corrected chi connectivity index (χ2v) is 5.87. The highest BCUT2D eigenvalue weighted by Gasteiger charge is 2.22. The molecular formula is C15H28ClNO. The maximum absolute atomic E-state index is 12.1. The molecule has 18 heavy (non-hydrogen) atoms. The SMILES string of the molecule is CCCCCCCC(=O)N1CCCC(CCCl)C1. The van der Waals surface area contributed by atoms with Gasteiger partial charge in [0.2, 0.25) is 5.91 Å². The maximum Gasteiger partial charge on any atom is 0.222 e. The summed E-state index contributed by atoms with van der Waals surface area (Å²) < 4.78 is 0. The number of rotatable bonds is 8. The molecule has 0 saturated carbocycles. The number of likely N-dealkylation sites (tertiary alicyclic amines) is 1. The minimum Gasteiger partial charge on any atom is -0.342 e. The standard InChI is InChI=1S/C15H28ClNO/c1-2-3-4-5-6-9-15(18)17-12-7-8-14(13-17)10-11-16/h14H,2-13H2,1H3. The van der Waals surface area contributed by atoms with Gasteiger partial charge in [0.15, 0.2) is 0 Å². The monoisotopic (exact) mass is 273 g/mol. The molecule has 0 aromatic rings. The van der Waals surface area contributed by atoms with Gasteiger partial charge in [-0.1, -0.05) is 32.6 Å². The Morgan fingerprint density at radius 2 is 2.06 bits per heavy atom. The Hall–Kier alpha value is -0.240. The highest BCUT2D eigenvalue weighted by molar-refractivity contribution is 6.17. The number of nitrogens with zero attached hydrogens (tertiary/aromatic N) is 1. The van der Waals surface area contributed by atoms with Crippen LogP contribution in [0.5, 0.6) is 0 Å². The summed E-state index contributed by atoms with van der Waals surface area (Å²) in [6, 6.07) is 0. The molecule has 1 aliphatic rings. The van der Waals surface area contributed by atoms with E-state index >= 15 is 0 Å². The van der Waals surface area contributed by atoms with Crippen molar-refractivity contribution in [1.82, 2.24) is 4.90 Å². The van der Waals surface area contributed by atoms with Crippen molar-refractivity contribution in [3.05, 3.63) is 0 Å². The van der Waals surface area contributed by atoms with Crippen LogP contribution in [0.2, 0.25) is 0 Å². The summed E-state index contributed by atoms with van der Waals surface area (Å²) in [7, 11) is 0. The fourth-order valence-corrected chi connectivity index (χ4v) is 3.03. The fraction of sp³-hybridized carbons (Fsp3) is 0.933. The van der Waals surface area contributed by atoms with E-state index in [-0.39, 0.29) is 0 Å². The lowest BCUT2D eigenvalue weighted by molar-refractivity contribution is -0.133. The van der Waals surface area contributed by atoms with Gasteiger partial charge in [0, 0.05) is 25.4 Å². The molecule has 106 valence electrons. The molecule has 1 fully saturated rings. The molecule has 1 saturated heterocycles. The molecule has 1 heterocycles. The van der Waals surface area contributed by atoms with Crippen molar-refractivity contribution >= 4 is 17.5 Å². The zero-order valence-corrected chi connectivity index (χ0v) is 12.6. The Kier molecular flexibility index (Phi) is 8.49. The van der Waals surface area contributed by atoms with Crippen molar-refractivity contribution in [2.75, 3.05) is 19.0 Å². The normalized spacial score (nSPS) is 20.1. The zero-order valence-electron chi connectivity index (χ0n) is 11.8. The van der Waals surface area contributed by atoms with E-state index in [4.69, 9.17) is 11.6 Å². The van der Waals surface area contributed by atoms with Crippen LogP contribution in [0.15, 0.2) is 0 Å². The van der Waals surface area contributed by atoms with Crippen LogP contribution in [0, 0.1) is 5.92 Å². The molecule has 0 N–H and O–H groups in total. The first-order chi connectivity index (χ1) is 8.77. The molecule has 1 amide bonds. The van der Waals surface area contributed by atoms with Gasteiger partial charge in [-0.2, -0.15) is 0 Å². The summed E-state index contributed by atoms with van der Waals surface area (Å²) in [5.41, 5.74) is 0. The van der Waals surface area contributed by atoms with E-state index < -0.39 is 0 Å². The van der Waals surface area contributed by atoms with E-state index in [1.807, 2.05) is 0 Å². The lowest BCUT2D eigenvalue weighted by Gasteiger charge is -2.32. The summed E-state index contributed by atoms with van der Waals surface area (Å²) in [6.45, 7) is 4.13. The molecule has 1 rings (SSSR count). The Bertz CT molecular complexity index is 231. The first-order valence-corrected chi connectivity index (χ1v) is 8.15. The van der Waals surface area contributed by atoms with Gasteiger partial charge in [-0.25, -0.2) is 0 Å². The Labute approximate surface area is 117 Å². The molecule has 0 bridgehead atoms. The van der Waals surface area contributed by atoms with Crippen LogP contribution in [0.4, 0.5) is 0 Å². The predicted octanol–water partition coefficient (Wildman–Crippen LogP) is 4.21. The van der Waals surface area contributed by atoms with E-state index in [2.05, 4.69) is 11.8 Å². The number of carbonyl (C=O) groups is 1. The third-order valence-electron chi connectivity index (χ3n) is 3.88. The average Bonchev–Trinajstić information content (AvgIpc) is 2.39. The van der Waals surface area contributed by atoms with E-state index in [1.165, 1.54) is 32.1 Å². The topological polar surface area (TPSA) is 20.3 Å². The summed E-state index contributed by atoms with van der Waals surface area (Å²) in [6.07, 6.45) is 10.3. The number of hydrogen-bond donors (Lipinski definition) is 0. The van der Waals surface area contributed by atoms with Crippen molar-refractivity contribution in [2.24, 2.45) is 5.92 Å². The van der Waals surface area contributed by atoms with Crippen LogP contribution in [0.25, 0.3) is 0 Å². The zero-order chi connectivity index (χ0) is 13.2. The van der Waals surface area contributed by atoms with Crippen LogP contribution < -0.4 is 0 Å². The molecule has 3 heteroatoms. The average molecular weight is 274 g/mol. The number of alkyl halides is 1. The summed E-state index contributed by atoms with van der Waals surface area (Å²) in [4.78, 5) is 14.1. The number of unbranched alkanes of at least 4 members (excludes halogenated alkanes) is 4. The first-order valence-electron chi connectivity index (χ1n) is 7.61. The smallest absolute Gasteiger partial charge is 0.222 e.